The average Bonchev–Trinajstić information content (AvgIpc) is 2.54. The minimum atomic E-state index is -0.752. The van der Waals surface area contributed by atoms with Gasteiger partial charge in [0.05, 0.1) is 11.9 Å². The van der Waals surface area contributed by atoms with E-state index < -0.39 is 5.60 Å². The molecule has 2 rings (SSSR count). The molecule has 2 atom stereocenters. The van der Waals surface area contributed by atoms with Crippen LogP contribution in [0, 0.1) is 11.8 Å². The Morgan fingerprint density at radius 1 is 1.29 bits per heavy atom. The lowest BCUT2D eigenvalue weighted by molar-refractivity contribution is 0.0145. The number of aliphatic hydroxyl groups is 1. The Labute approximate surface area is 103 Å². The van der Waals surface area contributed by atoms with Crippen molar-refractivity contribution in [2.45, 2.75) is 51.6 Å². The van der Waals surface area contributed by atoms with Gasteiger partial charge < -0.3 is 5.11 Å². The second-order valence-electron chi connectivity index (χ2n) is 5.56. The number of rotatable bonds is 2. The fourth-order valence-corrected chi connectivity index (χ4v) is 2.81. The largest absolute Gasteiger partial charge is 0.383 e. The molecule has 1 aromatic rings. The van der Waals surface area contributed by atoms with E-state index in [2.05, 4.69) is 23.8 Å². The molecular formula is C14H22N2O. The van der Waals surface area contributed by atoms with Gasteiger partial charge in [-0.1, -0.05) is 20.3 Å². The van der Waals surface area contributed by atoms with Crippen molar-refractivity contribution in [3.8, 4) is 0 Å². The Balaban J connectivity index is 2.12. The normalized spacial score (nSPS) is 30.2. The van der Waals surface area contributed by atoms with Crippen LogP contribution in [0.1, 0.15) is 51.6 Å². The van der Waals surface area contributed by atoms with Crippen LogP contribution in [0.4, 0.5) is 0 Å². The molecule has 1 N–H and O–H groups in total. The van der Waals surface area contributed by atoms with Crippen molar-refractivity contribution in [1.29, 1.82) is 0 Å². The first kappa shape index (κ1) is 12.5. The molecule has 1 aliphatic carbocycles. The van der Waals surface area contributed by atoms with Gasteiger partial charge in [0.2, 0.25) is 0 Å². The Hall–Kier alpha value is -0.960. The monoisotopic (exact) mass is 234 g/mol. The number of nitrogens with zero attached hydrogens (tertiary/aromatic N) is 2. The van der Waals surface area contributed by atoms with Gasteiger partial charge in [-0.2, -0.15) is 0 Å². The third-order valence-electron chi connectivity index (χ3n) is 4.08. The van der Waals surface area contributed by atoms with Crippen LogP contribution in [0.3, 0.4) is 0 Å². The lowest BCUT2D eigenvalue weighted by atomic mass is 9.87. The standard InChI is InChI=1S/C14H22N2O/c1-11(2)12-4-3-6-14(17,7-5-12)13-10-15-8-9-16-13/h8-12,17H,3-7H2,1-2H3. The van der Waals surface area contributed by atoms with Crippen LogP contribution in [-0.4, -0.2) is 15.1 Å². The molecule has 1 heterocycles. The molecule has 0 bridgehead atoms. The van der Waals surface area contributed by atoms with Crippen molar-refractivity contribution in [3.63, 3.8) is 0 Å². The van der Waals surface area contributed by atoms with E-state index in [0.717, 1.165) is 37.3 Å². The highest BCUT2D eigenvalue weighted by Crippen LogP contribution is 2.38. The summed E-state index contributed by atoms with van der Waals surface area (Å²) in [5.41, 5.74) is -0.0119. The highest BCUT2D eigenvalue weighted by molar-refractivity contribution is 5.08. The highest BCUT2D eigenvalue weighted by Gasteiger charge is 2.34. The zero-order valence-electron chi connectivity index (χ0n) is 10.8. The summed E-state index contributed by atoms with van der Waals surface area (Å²) in [4.78, 5) is 8.34. The summed E-state index contributed by atoms with van der Waals surface area (Å²) in [5, 5.41) is 10.7. The van der Waals surface area contributed by atoms with Crippen LogP contribution in [0.25, 0.3) is 0 Å². The molecule has 0 amide bonds. The quantitative estimate of drug-likeness (QED) is 0.800. The molecule has 94 valence electrons. The van der Waals surface area contributed by atoms with Crippen molar-refractivity contribution in [3.05, 3.63) is 24.3 Å². The van der Waals surface area contributed by atoms with Crippen LogP contribution in [0.5, 0.6) is 0 Å². The van der Waals surface area contributed by atoms with Gasteiger partial charge in [-0.25, -0.2) is 0 Å². The Morgan fingerprint density at radius 3 is 2.76 bits per heavy atom. The summed E-state index contributed by atoms with van der Waals surface area (Å²) in [7, 11) is 0. The van der Waals surface area contributed by atoms with Gasteiger partial charge in [-0.15, -0.1) is 0 Å². The summed E-state index contributed by atoms with van der Waals surface area (Å²) in [6.07, 6.45) is 10.0. The van der Waals surface area contributed by atoms with E-state index in [-0.39, 0.29) is 0 Å². The van der Waals surface area contributed by atoms with Gasteiger partial charge in [-0.3, -0.25) is 9.97 Å². The summed E-state index contributed by atoms with van der Waals surface area (Å²) in [6, 6.07) is 0. The third-order valence-corrected chi connectivity index (χ3v) is 4.08. The lowest BCUT2D eigenvalue weighted by Gasteiger charge is -2.26. The molecule has 1 fully saturated rings. The van der Waals surface area contributed by atoms with Gasteiger partial charge in [0.25, 0.3) is 0 Å². The van der Waals surface area contributed by atoms with Gasteiger partial charge in [0.1, 0.15) is 5.60 Å². The van der Waals surface area contributed by atoms with Gasteiger partial charge in [-0.05, 0) is 37.5 Å². The predicted octanol–water partition coefficient (Wildman–Crippen LogP) is 2.90. The van der Waals surface area contributed by atoms with Crippen LogP contribution < -0.4 is 0 Å². The first-order valence-corrected chi connectivity index (χ1v) is 6.61. The van der Waals surface area contributed by atoms with Crippen molar-refractivity contribution < 1.29 is 5.11 Å². The smallest absolute Gasteiger partial charge is 0.108 e. The van der Waals surface area contributed by atoms with E-state index in [1.165, 1.54) is 6.42 Å². The van der Waals surface area contributed by atoms with E-state index >= 15 is 0 Å². The van der Waals surface area contributed by atoms with Crippen LogP contribution >= 0.6 is 0 Å². The zero-order valence-corrected chi connectivity index (χ0v) is 10.8. The summed E-state index contributed by atoms with van der Waals surface area (Å²) < 4.78 is 0. The van der Waals surface area contributed by atoms with Crippen LogP contribution in [0.15, 0.2) is 18.6 Å². The maximum absolute atomic E-state index is 10.7. The maximum Gasteiger partial charge on any atom is 0.108 e. The Morgan fingerprint density at radius 2 is 2.12 bits per heavy atom. The topological polar surface area (TPSA) is 46.0 Å². The fraction of sp³-hybridized carbons (Fsp3) is 0.714. The SMILES string of the molecule is CC(C)C1CCCC(O)(c2cnccn2)CC1. The third kappa shape index (κ3) is 2.83. The molecule has 1 saturated carbocycles. The number of aromatic nitrogens is 2. The van der Waals surface area contributed by atoms with E-state index in [9.17, 15) is 5.11 Å². The van der Waals surface area contributed by atoms with Crippen molar-refractivity contribution in [1.82, 2.24) is 9.97 Å². The average molecular weight is 234 g/mol. The van der Waals surface area contributed by atoms with Crippen molar-refractivity contribution in [2.24, 2.45) is 11.8 Å². The fourth-order valence-electron chi connectivity index (χ4n) is 2.81. The number of hydrogen-bond acceptors (Lipinski definition) is 3. The molecular weight excluding hydrogens is 212 g/mol. The molecule has 3 nitrogen and oxygen atoms in total. The Kier molecular flexibility index (Phi) is 3.77. The lowest BCUT2D eigenvalue weighted by Crippen LogP contribution is -2.26. The predicted molar refractivity (Wildman–Crippen MR) is 67.3 cm³/mol. The molecule has 0 spiro atoms. The highest BCUT2D eigenvalue weighted by atomic mass is 16.3. The molecule has 17 heavy (non-hydrogen) atoms. The Bertz CT molecular complexity index is 352. The van der Waals surface area contributed by atoms with Crippen molar-refractivity contribution in [2.75, 3.05) is 0 Å². The summed E-state index contributed by atoms with van der Waals surface area (Å²) >= 11 is 0. The summed E-state index contributed by atoms with van der Waals surface area (Å²) in [5.74, 6) is 1.44. The molecule has 1 aliphatic rings. The molecule has 0 aliphatic heterocycles. The second kappa shape index (κ2) is 5.13. The van der Waals surface area contributed by atoms with Gasteiger partial charge >= 0.3 is 0 Å². The van der Waals surface area contributed by atoms with Gasteiger partial charge in [0, 0.05) is 12.4 Å². The van der Waals surface area contributed by atoms with Crippen LogP contribution in [-0.2, 0) is 5.60 Å². The minimum absolute atomic E-state index is 0.708. The van der Waals surface area contributed by atoms with E-state index in [0.29, 0.717) is 5.92 Å². The van der Waals surface area contributed by atoms with E-state index in [1.807, 2.05) is 0 Å². The molecule has 3 heteroatoms. The van der Waals surface area contributed by atoms with E-state index in [1.54, 1.807) is 18.6 Å². The molecule has 0 aromatic carbocycles. The second-order valence-corrected chi connectivity index (χ2v) is 5.56. The molecule has 0 radical (unpaired) electrons. The molecule has 2 unspecified atom stereocenters. The van der Waals surface area contributed by atoms with Crippen molar-refractivity contribution >= 4 is 0 Å². The first-order chi connectivity index (χ1) is 8.12. The first-order valence-electron chi connectivity index (χ1n) is 6.61. The summed E-state index contributed by atoms with van der Waals surface area (Å²) in [6.45, 7) is 4.55. The molecule has 1 aromatic heterocycles. The van der Waals surface area contributed by atoms with E-state index in [4.69, 9.17) is 0 Å². The van der Waals surface area contributed by atoms with Crippen LogP contribution in [0.2, 0.25) is 0 Å². The minimum Gasteiger partial charge on any atom is -0.383 e. The number of hydrogen-bond donors (Lipinski definition) is 1. The molecule has 0 saturated heterocycles. The van der Waals surface area contributed by atoms with Gasteiger partial charge in [0.15, 0.2) is 0 Å². The zero-order chi connectivity index (χ0) is 12.3. The maximum atomic E-state index is 10.7.